The molecule has 140 valence electrons. The van der Waals surface area contributed by atoms with Gasteiger partial charge in [-0.25, -0.2) is 4.98 Å². The summed E-state index contributed by atoms with van der Waals surface area (Å²) in [7, 11) is 3.95. The Morgan fingerprint density at radius 2 is 2.15 bits per heavy atom. The monoisotopic (exact) mass is 357 g/mol. The molecule has 1 aliphatic heterocycles. The Labute approximate surface area is 153 Å². The number of amides is 2. The summed E-state index contributed by atoms with van der Waals surface area (Å²) in [6.45, 7) is 6.42. The van der Waals surface area contributed by atoms with E-state index >= 15 is 0 Å². The number of nitrogens with zero attached hydrogens (tertiary/aromatic N) is 3. The molecule has 0 radical (unpaired) electrons. The average molecular weight is 357 g/mol. The zero-order chi connectivity index (χ0) is 18.8. The van der Waals surface area contributed by atoms with Gasteiger partial charge in [-0.05, 0) is 45.1 Å². The third kappa shape index (κ3) is 3.88. The molecule has 7 heteroatoms. The number of aryl methyl sites for hydroxylation is 2. The first-order chi connectivity index (χ1) is 12.3. The second-order valence-electron chi connectivity index (χ2n) is 7.35. The maximum atomic E-state index is 12.4. The molecule has 0 saturated carbocycles. The number of benzene rings is 1. The molecule has 3 rings (SSSR count). The van der Waals surface area contributed by atoms with Gasteiger partial charge in [0.1, 0.15) is 5.82 Å². The van der Waals surface area contributed by atoms with Crippen LogP contribution in [-0.4, -0.2) is 65.3 Å². The lowest BCUT2D eigenvalue weighted by Crippen LogP contribution is -2.35. The largest absolute Gasteiger partial charge is 0.349 e. The van der Waals surface area contributed by atoms with Gasteiger partial charge in [-0.15, -0.1) is 0 Å². The Bertz CT molecular complexity index is 827. The highest BCUT2D eigenvalue weighted by Gasteiger charge is 2.33. The molecule has 1 fully saturated rings. The zero-order valence-corrected chi connectivity index (χ0v) is 15.9. The van der Waals surface area contributed by atoms with Crippen LogP contribution >= 0.6 is 0 Å². The van der Waals surface area contributed by atoms with Crippen molar-refractivity contribution in [2.45, 2.75) is 26.8 Å². The highest BCUT2D eigenvalue weighted by atomic mass is 16.2. The minimum atomic E-state index is -0.280. The molecule has 2 aromatic rings. The summed E-state index contributed by atoms with van der Waals surface area (Å²) in [6, 6.07) is 4.07. The molecule has 0 aliphatic carbocycles. The Morgan fingerprint density at radius 1 is 1.38 bits per heavy atom. The summed E-state index contributed by atoms with van der Waals surface area (Å²) < 4.78 is 0. The molecule has 1 aromatic heterocycles. The molecule has 1 saturated heterocycles. The Hall–Kier alpha value is -2.41. The molecular formula is C19H27N5O2. The predicted octanol–water partition coefficient (Wildman–Crippen LogP) is 1.21. The van der Waals surface area contributed by atoms with Crippen LogP contribution in [-0.2, 0) is 16.1 Å². The lowest BCUT2D eigenvalue weighted by atomic mass is 10.1. The van der Waals surface area contributed by atoms with Gasteiger partial charge in [0.25, 0.3) is 0 Å². The molecule has 2 amide bonds. The first-order valence-corrected chi connectivity index (χ1v) is 9.00. The van der Waals surface area contributed by atoms with Crippen molar-refractivity contribution in [2.24, 2.45) is 5.92 Å². The van der Waals surface area contributed by atoms with Crippen LogP contribution < -0.4 is 5.32 Å². The molecular weight excluding hydrogens is 330 g/mol. The van der Waals surface area contributed by atoms with E-state index < -0.39 is 0 Å². The van der Waals surface area contributed by atoms with Gasteiger partial charge in [0.15, 0.2) is 0 Å². The van der Waals surface area contributed by atoms with Crippen molar-refractivity contribution in [1.29, 1.82) is 0 Å². The van der Waals surface area contributed by atoms with Gasteiger partial charge in [0, 0.05) is 26.1 Å². The predicted molar refractivity (Wildman–Crippen MR) is 101 cm³/mol. The second-order valence-corrected chi connectivity index (χ2v) is 7.35. The molecule has 0 unspecified atom stereocenters. The van der Waals surface area contributed by atoms with Gasteiger partial charge in [-0.1, -0.05) is 6.07 Å². The van der Waals surface area contributed by atoms with Crippen molar-refractivity contribution < 1.29 is 9.59 Å². The van der Waals surface area contributed by atoms with E-state index in [0.717, 1.165) is 29.0 Å². The molecule has 1 aromatic carbocycles. The van der Waals surface area contributed by atoms with Gasteiger partial charge in [-0.3, -0.25) is 9.59 Å². The standard InChI is InChI=1S/C19H27N5O2/c1-12-5-6-15-18(13(12)2)22-16(21-15)10-20-19(26)14-9-17(25)24(11-14)8-7-23(3)4/h5-6,14H,7-11H2,1-4H3,(H,20,26)(H,21,22)/t14-/m0/s1. The fourth-order valence-electron chi connectivity index (χ4n) is 3.25. The van der Waals surface area contributed by atoms with Gasteiger partial charge in [0.05, 0.1) is 23.5 Å². The van der Waals surface area contributed by atoms with Gasteiger partial charge < -0.3 is 20.1 Å². The number of hydrogen-bond acceptors (Lipinski definition) is 4. The van der Waals surface area contributed by atoms with Gasteiger partial charge in [0.2, 0.25) is 11.8 Å². The van der Waals surface area contributed by atoms with Crippen LogP contribution in [0.4, 0.5) is 0 Å². The van der Waals surface area contributed by atoms with E-state index in [1.165, 1.54) is 5.56 Å². The Morgan fingerprint density at radius 3 is 2.88 bits per heavy atom. The quantitative estimate of drug-likeness (QED) is 0.814. The van der Waals surface area contributed by atoms with Crippen molar-refractivity contribution in [1.82, 2.24) is 25.1 Å². The summed E-state index contributed by atoms with van der Waals surface area (Å²) >= 11 is 0. The van der Waals surface area contributed by atoms with E-state index in [0.29, 0.717) is 19.6 Å². The van der Waals surface area contributed by atoms with Crippen LogP contribution in [0.2, 0.25) is 0 Å². The average Bonchev–Trinajstić information content (AvgIpc) is 3.18. The number of nitrogens with one attached hydrogen (secondary N) is 2. The smallest absolute Gasteiger partial charge is 0.225 e. The van der Waals surface area contributed by atoms with Crippen LogP contribution in [0.25, 0.3) is 11.0 Å². The van der Waals surface area contributed by atoms with Crippen molar-refractivity contribution in [3.05, 3.63) is 29.1 Å². The van der Waals surface area contributed by atoms with E-state index in [4.69, 9.17) is 0 Å². The number of likely N-dealkylation sites (tertiary alicyclic amines) is 1. The number of imidazole rings is 1. The van der Waals surface area contributed by atoms with Gasteiger partial charge >= 0.3 is 0 Å². The van der Waals surface area contributed by atoms with Gasteiger partial charge in [-0.2, -0.15) is 0 Å². The van der Waals surface area contributed by atoms with Crippen molar-refractivity contribution in [2.75, 3.05) is 33.7 Å². The molecule has 1 aliphatic rings. The SMILES string of the molecule is Cc1ccc2[nH]c(CNC(=O)[C@H]3CC(=O)N(CCN(C)C)C3)nc2c1C. The second kappa shape index (κ2) is 7.45. The molecule has 7 nitrogen and oxygen atoms in total. The lowest BCUT2D eigenvalue weighted by Gasteiger charge is -2.19. The van der Waals surface area contributed by atoms with E-state index in [-0.39, 0.29) is 24.2 Å². The highest BCUT2D eigenvalue weighted by Crippen LogP contribution is 2.20. The summed E-state index contributed by atoms with van der Waals surface area (Å²) in [5.41, 5.74) is 4.26. The fraction of sp³-hybridized carbons (Fsp3) is 0.526. The van der Waals surface area contributed by atoms with Crippen LogP contribution in [0, 0.1) is 19.8 Å². The van der Waals surface area contributed by atoms with E-state index in [1.54, 1.807) is 4.90 Å². The summed E-state index contributed by atoms with van der Waals surface area (Å²) in [4.78, 5) is 36.2. The first kappa shape index (κ1) is 18.4. The number of hydrogen-bond donors (Lipinski definition) is 2. The fourth-order valence-corrected chi connectivity index (χ4v) is 3.25. The van der Waals surface area contributed by atoms with Crippen LogP contribution in [0.3, 0.4) is 0 Å². The van der Waals surface area contributed by atoms with Crippen LogP contribution in [0.1, 0.15) is 23.4 Å². The number of aromatic nitrogens is 2. The number of carbonyl (C=O) groups is 2. The normalized spacial score (nSPS) is 17.5. The number of carbonyl (C=O) groups excluding carboxylic acids is 2. The molecule has 26 heavy (non-hydrogen) atoms. The minimum Gasteiger partial charge on any atom is -0.349 e. The van der Waals surface area contributed by atoms with E-state index in [1.807, 2.05) is 32.0 Å². The zero-order valence-electron chi connectivity index (χ0n) is 15.9. The topological polar surface area (TPSA) is 81.3 Å². The lowest BCUT2D eigenvalue weighted by molar-refractivity contribution is -0.129. The summed E-state index contributed by atoms with van der Waals surface area (Å²) in [5, 5.41) is 2.92. The minimum absolute atomic E-state index is 0.0573. The number of likely N-dealkylation sites (N-methyl/N-ethyl adjacent to an activating group) is 1. The molecule has 0 bridgehead atoms. The number of fused-ring (bicyclic) bond motifs is 1. The Kier molecular flexibility index (Phi) is 5.27. The first-order valence-electron chi connectivity index (χ1n) is 9.00. The molecule has 0 spiro atoms. The third-order valence-electron chi connectivity index (χ3n) is 5.06. The maximum Gasteiger partial charge on any atom is 0.225 e. The number of aromatic amines is 1. The Balaban J connectivity index is 1.57. The van der Waals surface area contributed by atoms with Crippen LogP contribution in [0.5, 0.6) is 0 Å². The maximum absolute atomic E-state index is 12.4. The number of H-pyrrole nitrogens is 1. The van der Waals surface area contributed by atoms with E-state index in [2.05, 4.69) is 28.3 Å². The highest BCUT2D eigenvalue weighted by molar-refractivity contribution is 5.89. The van der Waals surface area contributed by atoms with Crippen molar-refractivity contribution in [3.8, 4) is 0 Å². The van der Waals surface area contributed by atoms with Crippen molar-refractivity contribution >= 4 is 22.8 Å². The molecule has 2 N–H and O–H groups in total. The molecule has 2 heterocycles. The number of rotatable bonds is 6. The van der Waals surface area contributed by atoms with E-state index in [9.17, 15) is 9.59 Å². The van der Waals surface area contributed by atoms with Crippen LogP contribution in [0.15, 0.2) is 12.1 Å². The van der Waals surface area contributed by atoms with Crippen molar-refractivity contribution in [3.63, 3.8) is 0 Å². The molecule has 1 atom stereocenters. The third-order valence-corrected chi connectivity index (χ3v) is 5.06. The summed E-state index contributed by atoms with van der Waals surface area (Å²) in [5.74, 6) is 0.426. The summed E-state index contributed by atoms with van der Waals surface area (Å²) in [6.07, 6.45) is 0.289.